The molecule has 0 unspecified atom stereocenters. The topological polar surface area (TPSA) is 38.3 Å². The van der Waals surface area contributed by atoms with Gasteiger partial charge >= 0.3 is 0 Å². The highest BCUT2D eigenvalue weighted by molar-refractivity contribution is 5.96. The molecule has 3 nitrogen and oxygen atoms in total. The van der Waals surface area contributed by atoms with Crippen LogP contribution in [0.15, 0.2) is 48.5 Å². The molecular weight excluding hydrogens is 238 g/mol. The number of hydrogen-bond acceptors (Lipinski definition) is 3. The summed E-state index contributed by atoms with van der Waals surface area (Å²) in [5, 5.41) is 3.27. The van der Waals surface area contributed by atoms with E-state index < -0.39 is 0 Å². The van der Waals surface area contributed by atoms with Crippen molar-refractivity contribution in [3.05, 3.63) is 54.1 Å². The van der Waals surface area contributed by atoms with Crippen molar-refractivity contribution in [2.24, 2.45) is 0 Å². The molecule has 2 aromatic rings. The fraction of sp³-hybridized carbons (Fsp3) is 0.188. The number of ether oxygens (including phenoxy) is 1. The lowest BCUT2D eigenvalue weighted by atomic mass is 10.1. The first-order chi connectivity index (χ1) is 9.22. The van der Waals surface area contributed by atoms with E-state index >= 15 is 0 Å². The SMILES string of the molecule is CCC(=O)c1ccc(Nc2ccc(OC)cc2)cc1. The van der Waals surface area contributed by atoms with E-state index in [9.17, 15) is 4.79 Å². The summed E-state index contributed by atoms with van der Waals surface area (Å²) in [4.78, 5) is 11.5. The zero-order valence-corrected chi connectivity index (χ0v) is 11.1. The molecule has 1 N–H and O–H groups in total. The maximum Gasteiger partial charge on any atom is 0.162 e. The number of anilines is 2. The van der Waals surface area contributed by atoms with Crippen LogP contribution in [0.5, 0.6) is 5.75 Å². The zero-order valence-electron chi connectivity index (χ0n) is 11.1. The molecule has 2 aromatic carbocycles. The van der Waals surface area contributed by atoms with E-state index in [1.54, 1.807) is 7.11 Å². The summed E-state index contributed by atoms with van der Waals surface area (Å²) in [6.45, 7) is 1.87. The van der Waals surface area contributed by atoms with Crippen molar-refractivity contribution in [1.29, 1.82) is 0 Å². The van der Waals surface area contributed by atoms with Gasteiger partial charge in [-0.3, -0.25) is 4.79 Å². The van der Waals surface area contributed by atoms with E-state index in [1.807, 2.05) is 55.5 Å². The Morgan fingerprint density at radius 2 is 1.53 bits per heavy atom. The second kappa shape index (κ2) is 6.05. The zero-order chi connectivity index (χ0) is 13.7. The third kappa shape index (κ3) is 3.35. The second-order valence-corrected chi connectivity index (χ2v) is 4.21. The molecule has 0 saturated heterocycles. The Hall–Kier alpha value is -2.29. The molecule has 0 aliphatic rings. The smallest absolute Gasteiger partial charge is 0.162 e. The van der Waals surface area contributed by atoms with Crippen LogP contribution in [-0.2, 0) is 0 Å². The Bertz CT molecular complexity index is 544. The summed E-state index contributed by atoms with van der Waals surface area (Å²) >= 11 is 0. The molecule has 0 fully saturated rings. The molecule has 0 amide bonds. The third-order valence-corrected chi connectivity index (χ3v) is 2.91. The predicted molar refractivity (Wildman–Crippen MR) is 77.3 cm³/mol. The lowest BCUT2D eigenvalue weighted by molar-refractivity contribution is 0.0988. The highest BCUT2D eigenvalue weighted by Gasteiger charge is 2.02. The number of Topliss-reactive ketones (excluding diaryl/α,β-unsaturated/α-hetero) is 1. The predicted octanol–water partition coefficient (Wildman–Crippen LogP) is 4.03. The molecule has 0 radical (unpaired) electrons. The average Bonchev–Trinajstić information content (AvgIpc) is 2.48. The minimum absolute atomic E-state index is 0.163. The number of rotatable bonds is 5. The van der Waals surface area contributed by atoms with Gasteiger partial charge in [-0.15, -0.1) is 0 Å². The van der Waals surface area contributed by atoms with Crippen molar-refractivity contribution in [2.45, 2.75) is 13.3 Å². The highest BCUT2D eigenvalue weighted by Crippen LogP contribution is 2.20. The number of ketones is 1. The van der Waals surface area contributed by atoms with Gasteiger partial charge in [0.05, 0.1) is 7.11 Å². The van der Waals surface area contributed by atoms with Gasteiger partial charge in [0, 0.05) is 23.4 Å². The summed E-state index contributed by atoms with van der Waals surface area (Å²) in [6.07, 6.45) is 0.533. The lowest BCUT2D eigenvalue weighted by Gasteiger charge is -2.08. The van der Waals surface area contributed by atoms with Gasteiger partial charge in [-0.25, -0.2) is 0 Å². The second-order valence-electron chi connectivity index (χ2n) is 4.21. The first-order valence-electron chi connectivity index (χ1n) is 6.27. The van der Waals surface area contributed by atoms with Gasteiger partial charge in [0.15, 0.2) is 5.78 Å². The Morgan fingerprint density at radius 3 is 2.00 bits per heavy atom. The van der Waals surface area contributed by atoms with Crippen LogP contribution in [0.3, 0.4) is 0 Å². The standard InChI is InChI=1S/C16H17NO2/c1-3-16(18)12-4-6-13(7-5-12)17-14-8-10-15(19-2)11-9-14/h4-11,17H,3H2,1-2H3. The first-order valence-corrected chi connectivity index (χ1v) is 6.27. The number of nitrogens with one attached hydrogen (secondary N) is 1. The summed E-state index contributed by atoms with van der Waals surface area (Å²) in [7, 11) is 1.64. The fourth-order valence-corrected chi connectivity index (χ4v) is 1.78. The quantitative estimate of drug-likeness (QED) is 0.820. The monoisotopic (exact) mass is 255 g/mol. The summed E-state index contributed by atoms with van der Waals surface area (Å²) in [5.74, 6) is 0.991. The molecule has 0 spiro atoms. The Balaban J connectivity index is 2.08. The third-order valence-electron chi connectivity index (χ3n) is 2.91. The van der Waals surface area contributed by atoms with Gasteiger partial charge < -0.3 is 10.1 Å². The van der Waals surface area contributed by atoms with Crippen molar-refractivity contribution in [2.75, 3.05) is 12.4 Å². The van der Waals surface area contributed by atoms with Crippen LogP contribution < -0.4 is 10.1 Å². The maximum atomic E-state index is 11.5. The van der Waals surface area contributed by atoms with E-state index in [2.05, 4.69) is 5.32 Å². The van der Waals surface area contributed by atoms with Gasteiger partial charge in [0.2, 0.25) is 0 Å². The van der Waals surface area contributed by atoms with E-state index in [4.69, 9.17) is 4.74 Å². The van der Waals surface area contributed by atoms with Crippen LogP contribution in [0, 0.1) is 0 Å². The van der Waals surface area contributed by atoms with Gasteiger partial charge in [-0.05, 0) is 48.5 Å². The van der Waals surface area contributed by atoms with Gasteiger partial charge in [-0.1, -0.05) is 6.92 Å². The number of carbonyl (C=O) groups is 1. The minimum Gasteiger partial charge on any atom is -0.497 e. The van der Waals surface area contributed by atoms with Gasteiger partial charge in [0.25, 0.3) is 0 Å². The van der Waals surface area contributed by atoms with Crippen molar-refractivity contribution >= 4 is 17.2 Å². The fourth-order valence-electron chi connectivity index (χ4n) is 1.78. The van der Waals surface area contributed by atoms with Crippen LogP contribution in [0.1, 0.15) is 23.7 Å². The van der Waals surface area contributed by atoms with Gasteiger partial charge in [-0.2, -0.15) is 0 Å². The summed E-state index contributed by atoms with van der Waals surface area (Å²) in [5.41, 5.74) is 2.69. The van der Waals surface area contributed by atoms with E-state index in [-0.39, 0.29) is 5.78 Å². The molecular formula is C16H17NO2. The molecule has 0 aliphatic carbocycles. The first kappa shape index (κ1) is 13.1. The molecule has 0 aliphatic heterocycles. The minimum atomic E-state index is 0.163. The molecule has 0 heterocycles. The number of carbonyl (C=O) groups excluding carboxylic acids is 1. The molecule has 0 aromatic heterocycles. The van der Waals surface area contributed by atoms with Crippen molar-refractivity contribution in [1.82, 2.24) is 0 Å². The average molecular weight is 255 g/mol. The van der Waals surface area contributed by atoms with Crippen LogP contribution in [0.2, 0.25) is 0 Å². The molecule has 0 saturated carbocycles. The molecule has 0 atom stereocenters. The lowest BCUT2D eigenvalue weighted by Crippen LogP contribution is -1.97. The van der Waals surface area contributed by atoms with E-state index in [0.717, 1.165) is 22.7 Å². The van der Waals surface area contributed by atoms with Crippen molar-refractivity contribution in [3.8, 4) is 5.75 Å². The Kier molecular flexibility index (Phi) is 4.18. The normalized spacial score (nSPS) is 10.0. The molecule has 98 valence electrons. The molecule has 0 bridgehead atoms. The number of benzene rings is 2. The number of methoxy groups -OCH3 is 1. The maximum absolute atomic E-state index is 11.5. The Labute approximate surface area is 113 Å². The van der Waals surface area contributed by atoms with Crippen LogP contribution in [0.25, 0.3) is 0 Å². The van der Waals surface area contributed by atoms with Gasteiger partial charge in [0.1, 0.15) is 5.75 Å². The summed E-state index contributed by atoms with van der Waals surface area (Å²) < 4.78 is 5.11. The number of hydrogen-bond donors (Lipinski definition) is 1. The van der Waals surface area contributed by atoms with Crippen LogP contribution in [0.4, 0.5) is 11.4 Å². The van der Waals surface area contributed by atoms with E-state index in [1.165, 1.54) is 0 Å². The highest BCUT2D eigenvalue weighted by atomic mass is 16.5. The van der Waals surface area contributed by atoms with Crippen molar-refractivity contribution < 1.29 is 9.53 Å². The van der Waals surface area contributed by atoms with Crippen molar-refractivity contribution in [3.63, 3.8) is 0 Å². The molecule has 3 heteroatoms. The summed E-state index contributed by atoms with van der Waals surface area (Å²) in [6, 6.07) is 15.2. The molecule has 2 rings (SSSR count). The van der Waals surface area contributed by atoms with Crippen LogP contribution >= 0.6 is 0 Å². The largest absolute Gasteiger partial charge is 0.497 e. The van der Waals surface area contributed by atoms with Crippen LogP contribution in [-0.4, -0.2) is 12.9 Å². The Morgan fingerprint density at radius 1 is 1.00 bits per heavy atom. The van der Waals surface area contributed by atoms with E-state index in [0.29, 0.717) is 6.42 Å². The molecule has 19 heavy (non-hydrogen) atoms.